The molecule has 2 aromatic rings. The average Bonchev–Trinajstić information content (AvgIpc) is 2.60. The standard InChI is InChI=1S/C16H12F3N3O3/c17-16(18,19)12-5-1-3-11(9-12)15(24)21-14-10(4-2-8-20-14)6-7-13(23)22-25/h1-9,25H,(H,22,23)(H,20,21,24)/b7-6+. The van der Waals surface area contributed by atoms with Gasteiger partial charge in [0, 0.05) is 23.4 Å². The Labute approximate surface area is 140 Å². The quantitative estimate of drug-likeness (QED) is 0.449. The number of hydrogen-bond acceptors (Lipinski definition) is 4. The van der Waals surface area contributed by atoms with Crippen molar-refractivity contribution in [2.45, 2.75) is 6.18 Å². The molecular formula is C16H12F3N3O3. The van der Waals surface area contributed by atoms with Gasteiger partial charge >= 0.3 is 6.18 Å². The van der Waals surface area contributed by atoms with E-state index in [0.29, 0.717) is 5.56 Å². The Hall–Kier alpha value is -3.20. The fourth-order valence-corrected chi connectivity index (χ4v) is 1.88. The van der Waals surface area contributed by atoms with Crippen LogP contribution in [0.25, 0.3) is 6.08 Å². The van der Waals surface area contributed by atoms with Crippen molar-refractivity contribution < 1.29 is 28.0 Å². The molecule has 1 heterocycles. The molecule has 6 nitrogen and oxygen atoms in total. The summed E-state index contributed by atoms with van der Waals surface area (Å²) < 4.78 is 38.2. The highest BCUT2D eigenvalue weighted by atomic mass is 19.4. The first kappa shape index (κ1) is 18.1. The van der Waals surface area contributed by atoms with Crippen LogP contribution in [0.2, 0.25) is 0 Å². The molecule has 130 valence electrons. The van der Waals surface area contributed by atoms with E-state index in [9.17, 15) is 22.8 Å². The van der Waals surface area contributed by atoms with Gasteiger partial charge in [-0.2, -0.15) is 13.2 Å². The maximum atomic E-state index is 12.7. The van der Waals surface area contributed by atoms with Gasteiger partial charge in [-0.05, 0) is 36.4 Å². The SMILES string of the molecule is O=C(/C=C/c1cccnc1NC(=O)c1cccc(C(F)(F)F)c1)NO. The molecule has 2 rings (SSSR count). The van der Waals surface area contributed by atoms with Gasteiger partial charge in [0.15, 0.2) is 0 Å². The van der Waals surface area contributed by atoms with Crippen molar-refractivity contribution in [2.75, 3.05) is 5.32 Å². The Balaban J connectivity index is 2.24. The molecule has 1 aromatic carbocycles. The molecule has 0 fully saturated rings. The lowest BCUT2D eigenvalue weighted by Crippen LogP contribution is -2.16. The molecule has 0 aliphatic carbocycles. The van der Waals surface area contributed by atoms with E-state index in [2.05, 4.69) is 10.3 Å². The van der Waals surface area contributed by atoms with E-state index in [1.165, 1.54) is 36.0 Å². The van der Waals surface area contributed by atoms with Crippen LogP contribution in [0.4, 0.5) is 19.0 Å². The van der Waals surface area contributed by atoms with E-state index in [-0.39, 0.29) is 11.4 Å². The van der Waals surface area contributed by atoms with E-state index < -0.39 is 23.6 Å². The number of hydroxylamine groups is 1. The normalized spacial score (nSPS) is 11.4. The first-order chi connectivity index (χ1) is 11.8. The number of amides is 2. The number of carbonyl (C=O) groups is 2. The molecule has 0 aliphatic heterocycles. The van der Waals surface area contributed by atoms with Crippen molar-refractivity contribution >= 4 is 23.7 Å². The number of nitrogens with one attached hydrogen (secondary N) is 2. The maximum absolute atomic E-state index is 12.7. The average molecular weight is 351 g/mol. The molecule has 0 atom stereocenters. The summed E-state index contributed by atoms with van der Waals surface area (Å²) >= 11 is 0. The Morgan fingerprint density at radius 2 is 1.92 bits per heavy atom. The lowest BCUT2D eigenvalue weighted by molar-refractivity contribution is -0.137. The summed E-state index contributed by atoms with van der Waals surface area (Å²) in [6.07, 6.45) is -0.921. The third-order valence-corrected chi connectivity index (χ3v) is 3.05. The van der Waals surface area contributed by atoms with Crippen molar-refractivity contribution in [3.8, 4) is 0 Å². The molecule has 0 bridgehead atoms. The summed E-state index contributed by atoms with van der Waals surface area (Å²) in [5.41, 5.74) is 0.592. The lowest BCUT2D eigenvalue weighted by Gasteiger charge is -2.10. The van der Waals surface area contributed by atoms with Gasteiger partial charge in [-0.1, -0.05) is 6.07 Å². The van der Waals surface area contributed by atoms with Gasteiger partial charge in [0.1, 0.15) is 5.82 Å². The second-order valence-electron chi connectivity index (χ2n) is 4.78. The van der Waals surface area contributed by atoms with Crippen LogP contribution in [0.3, 0.4) is 0 Å². The summed E-state index contributed by atoms with van der Waals surface area (Å²) in [4.78, 5) is 27.1. The van der Waals surface area contributed by atoms with Crippen molar-refractivity contribution in [3.05, 3.63) is 65.4 Å². The van der Waals surface area contributed by atoms with Crippen molar-refractivity contribution in [3.63, 3.8) is 0 Å². The number of halogens is 3. The summed E-state index contributed by atoms with van der Waals surface area (Å²) in [5, 5.41) is 10.8. The number of alkyl halides is 3. The number of carbonyl (C=O) groups excluding carboxylic acids is 2. The predicted octanol–water partition coefficient (Wildman–Crippen LogP) is 2.87. The molecule has 0 unspecified atom stereocenters. The molecule has 0 saturated heterocycles. The first-order valence-electron chi connectivity index (χ1n) is 6.87. The van der Waals surface area contributed by atoms with Crippen LogP contribution in [0, 0.1) is 0 Å². The minimum atomic E-state index is -4.56. The third kappa shape index (κ3) is 4.88. The largest absolute Gasteiger partial charge is 0.416 e. The van der Waals surface area contributed by atoms with Crippen LogP contribution in [0.5, 0.6) is 0 Å². The lowest BCUT2D eigenvalue weighted by atomic mass is 10.1. The number of hydrogen-bond donors (Lipinski definition) is 3. The fraction of sp³-hybridized carbons (Fsp3) is 0.0625. The van der Waals surface area contributed by atoms with Crippen molar-refractivity contribution in [1.82, 2.24) is 10.5 Å². The second kappa shape index (κ2) is 7.58. The Bertz CT molecular complexity index is 820. The zero-order valence-corrected chi connectivity index (χ0v) is 12.5. The van der Waals surface area contributed by atoms with Gasteiger partial charge in [0.25, 0.3) is 11.8 Å². The molecule has 1 aromatic heterocycles. The van der Waals surface area contributed by atoms with Crippen LogP contribution in [-0.2, 0) is 11.0 Å². The zero-order chi connectivity index (χ0) is 18.4. The number of pyridine rings is 1. The van der Waals surface area contributed by atoms with Crippen LogP contribution in [-0.4, -0.2) is 22.0 Å². The van der Waals surface area contributed by atoms with Crippen LogP contribution < -0.4 is 10.8 Å². The van der Waals surface area contributed by atoms with Gasteiger partial charge in [0.05, 0.1) is 5.56 Å². The molecule has 0 spiro atoms. The topological polar surface area (TPSA) is 91.3 Å². The highest BCUT2D eigenvalue weighted by molar-refractivity contribution is 6.05. The second-order valence-corrected chi connectivity index (χ2v) is 4.78. The van der Waals surface area contributed by atoms with E-state index >= 15 is 0 Å². The van der Waals surface area contributed by atoms with Gasteiger partial charge in [-0.25, -0.2) is 10.5 Å². The smallest absolute Gasteiger partial charge is 0.306 e. The minimum Gasteiger partial charge on any atom is -0.306 e. The minimum absolute atomic E-state index is 0.0481. The Kier molecular flexibility index (Phi) is 5.50. The molecule has 3 N–H and O–H groups in total. The van der Waals surface area contributed by atoms with Crippen LogP contribution in [0.15, 0.2) is 48.7 Å². The number of aromatic nitrogens is 1. The fourth-order valence-electron chi connectivity index (χ4n) is 1.88. The number of rotatable bonds is 4. The molecule has 2 amide bonds. The predicted molar refractivity (Wildman–Crippen MR) is 82.6 cm³/mol. The summed E-state index contributed by atoms with van der Waals surface area (Å²) in [5.74, 6) is -1.53. The van der Waals surface area contributed by atoms with E-state index in [1.54, 1.807) is 0 Å². The van der Waals surface area contributed by atoms with E-state index in [0.717, 1.165) is 24.3 Å². The highest BCUT2D eigenvalue weighted by Crippen LogP contribution is 2.29. The molecular weight excluding hydrogens is 339 g/mol. The van der Waals surface area contributed by atoms with Crippen molar-refractivity contribution in [1.29, 1.82) is 0 Å². The van der Waals surface area contributed by atoms with Gasteiger partial charge in [-0.3, -0.25) is 14.8 Å². The van der Waals surface area contributed by atoms with Gasteiger partial charge < -0.3 is 5.32 Å². The number of anilines is 1. The highest BCUT2D eigenvalue weighted by Gasteiger charge is 2.30. The summed E-state index contributed by atoms with van der Waals surface area (Å²) in [6, 6.07) is 7.02. The number of nitrogens with zero attached hydrogens (tertiary/aromatic N) is 1. The van der Waals surface area contributed by atoms with Crippen LogP contribution in [0.1, 0.15) is 21.5 Å². The number of benzene rings is 1. The third-order valence-electron chi connectivity index (χ3n) is 3.05. The molecule has 0 saturated carbocycles. The zero-order valence-electron chi connectivity index (χ0n) is 12.5. The van der Waals surface area contributed by atoms with Gasteiger partial charge in [-0.15, -0.1) is 0 Å². The first-order valence-corrected chi connectivity index (χ1v) is 6.87. The Morgan fingerprint density at radius 3 is 2.60 bits per heavy atom. The molecule has 9 heteroatoms. The van der Waals surface area contributed by atoms with Crippen molar-refractivity contribution in [2.24, 2.45) is 0 Å². The van der Waals surface area contributed by atoms with E-state index in [4.69, 9.17) is 5.21 Å². The Morgan fingerprint density at radius 1 is 1.16 bits per heavy atom. The molecule has 25 heavy (non-hydrogen) atoms. The van der Waals surface area contributed by atoms with Gasteiger partial charge in [0.2, 0.25) is 0 Å². The van der Waals surface area contributed by atoms with Crippen LogP contribution >= 0.6 is 0 Å². The summed E-state index contributed by atoms with van der Waals surface area (Å²) in [6.45, 7) is 0. The molecule has 0 aliphatic rings. The maximum Gasteiger partial charge on any atom is 0.416 e. The monoisotopic (exact) mass is 351 g/mol. The van der Waals surface area contributed by atoms with E-state index in [1.807, 2.05) is 0 Å². The molecule has 0 radical (unpaired) electrons. The summed E-state index contributed by atoms with van der Waals surface area (Å²) in [7, 11) is 0.